The Labute approximate surface area is 169 Å². The summed E-state index contributed by atoms with van der Waals surface area (Å²) in [6.45, 7) is 2.65. The fourth-order valence-corrected chi connectivity index (χ4v) is 2.94. The van der Waals surface area contributed by atoms with Crippen molar-refractivity contribution in [2.45, 2.75) is 77.7 Å². The predicted octanol–water partition coefficient (Wildman–Crippen LogP) is 6.10. The Morgan fingerprint density at radius 2 is 1.56 bits per heavy atom. The maximum absolute atomic E-state index is 13.2. The third-order valence-electron chi connectivity index (χ3n) is 4.17. The highest BCUT2D eigenvalue weighted by molar-refractivity contribution is 9.10. The summed E-state index contributed by atoms with van der Waals surface area (Å²) in [5, 5.41) is 0. The summed E-state index contributed by atoms with van der Waals surface area (Å²) >= 11 is 3.28. The van der Waals surface area contributed by atoms with Gasteiger partial charge in [-0.15, -0.1) is 0 Å². The van der Waals surface area contributed by atoms with E-state index in [1.807, 2.05) is 0 Å². The van der Waals surface area contributed by atoms with E-state index in [0.717, 1.165) is 12.8 Å². The van der Waals surface area contributed by atoms with Crippen molar-refractivity contribution in [3.63, 3.8) is 0 Å². The van der Waals surface area contributed by atoms with Crippen molar-refractivity contribution in [2.75, 3.05) is 6.61 Å². The fourth-order valence-electron chi connectivity index (χ4n) is 2.58. The number of hydrogen-bond donors (Lipinski definition) is 0. The molecule has 1 rings (SSSR count). The third kappa shape index (κ3) is 11.8. The Balaban J connectivity index is 2.03. The molecule has 152 valence electrons. The molecule has 0 amide bonds. The van der Waals surface area contributed by atoms with E-state index in [4.69, 9.17) is 9.47 Å². The second kappa shape index (κ2) is 14.6. The molecule has 0 saturated carbocycles. The summed E-state index contributed by atoms with van der Waals surface area (Å²) in [4.78, 5) is 23.4. The Morgan fingerprint density at radius 1 is 0.926 bits per heavy atom. The lowest BCUT2D eigenvalue weighted by molar-refractivity contribution is -0.146. The third-order valence-corrected chi connectivity index (χ3v) is 4.94. The molecule has 1 aromatic carbocycles. The van der Waals surface area contributed by atoms with Gasteiger partial charge in [-0.1, -0.05) is 61.4 Å². The quantitative estimate of drug-likeness (QED) is 0.257. The molecule has 0 heterocycles. The van der Waals surface area contributed by atoms with Crippen molar-refractivity contribution in [3.8, 4) is 0 Å². The van der Waals surface area contributed by atoms with Crippen LogP contribution in [0.1, 0.15) is 76.7 Å². The molecule has 0 aliphatic heterocycles. The van der Waals surface area contributed by atoms with Crippen LogP contribution < -0.4 is 0 Å². The summed E-state index contributed by atoms with van der Waals surface area (Å²) in [5.74, 6) is -1.07. The zero-order chi connectivity index (χ0) is 19.9. The molecular weight excluding hydrogens is 415 g/mol. The van der Waals surface area contributed by atoms with Crippen LogP contribution in [0.15, 0.2) is 22.7 Å². The monoisotopic (exact) mass is 444 g/mol. The van der Waals surface area contributed by atoms with Gasteiger partial charge in [-0.05, 0) is 31.0 Å². The zero-order valence-corrected chi connectivity index (χ0v) is 17.7. The van der Waals surface area contributed by atoms with Gasteiger partial charge in [0.2, 0.25) is 0 Å². The molecule has 1 aromatic rings. The number of esters is 2. The van der Waals surface area contributed by atoms with Crippen LogP contribution in [-0.2, 0) is 25.7 Å². The molecular formula is C21H30BrFO4. The van der Waals surface area contributed by atoms with Gasteiger partial charge in [0.1, 0.15) is 12.4 Å². The van der Waals surface area contributed by atoms with Gasteiger partial charge in [0.05, 0.1) is 6.61 Å². The summed E-state index contributed by atoms with van der Waals surface area (Å²) in [6.07, 6.45) is 8.95. The second-order valence-electron chi connectivity index (χ2n) is 6.59. The van der Waals surface area contributed by atoms with E-state index in [1.54, 1.807) is 6.07 Å². The van der Waals surface area contributed by atoms with E-state index in [1.165, 1.54) is 44.2 Å². The van der Waals surface area contributed by atoms with Crippen LogP contribution in [0.4, 0.5) is 4.39 Å². The van der Waals surface area contributed by atoms with Crippen LogP contribution in [0.25, 0.3) is 0 Å². The highest BCUT2D eigenvalue weighted by Gasteiger charge is 2.09. The van der Waals surface area contributed by atoms with Gasteiger partial charge >= 0.3 is 11.9 Å². The largest absolute Gasteiger partial charge is 0.466 e. The van der Waals surface area contributed by atoms with Crippen LogP contribution >= 0.6 is 15.9 Å². The first kappa shape index (κ1) is 23.6. The van der Waals surface area contributed by atoms with E-state index >= 15 is 0 Å². The van der Waals surface area contributed by atoms with Gasteiger partial charge in [-0.25, -0.2) is 4.39 Å². The lowest BCUT2D eigenvalue weighted by Crippen LogP contribution is -2.09. The van der Waals surface area contributed by atoms with Gasteiger partial charge in [0.25, 0.3) is 0 Å². The summed E-state index contributed by atoms with van der Waals surface area (Å²) < 4.78 is 24.1. The van der Waals surface area contributed by atoms with Gasteiger partial charge < -0.3 is 9.47 Å². The van der Waals surface area contributed by atoms with Crippen molar-refractivity contribution >= 4 is 27.9 Å². The van der Waals surface area contributed by atoms with Crippen molar-refractivity contribution in [1.29, 1.82) is 0 Å². The normalized spacial score (nSPS) is 10.6. The second-order valence-corrected chi connectivity index (χ2v) is 7.45. The summed E-state index contributed by atoms with van der Waals surface area (Å²) in [6, 6.07) is 4.21. The van der Waals surface area contributed by atoms with Gasteiger partial charge in [0, 0.05) is 22.9 Å². The average Bonchev–Trinajstić information content (AvgIpc) is 2.64. The number of ether oxygens (including phenoxy) is 2. The maximum Gasteiger partial charge on any atom is 0.306 e. The van der Waals surface area contributed by atoms with Gasteiger partial charge in [-0.3, -0.25) is 9.59 Å². The van der Waals surface area contributed by atoms with E-state index in [-0.39, 0.29) is 31.2 Å². The topological polar surface area (TPSA) is 52.6 Å². The number of rotatable bonds is 14. The number of carbonyl (C=O) groups is 2. The van der Waals surface area contributed by atoms with Crippen molar-refractivity contribution in [3.05, 3.63) is 34.1 Å². The van der Waals surface area contributed by atoms with Crippen LogP contribution in [0, 0.1) is 5.82 Å². The minimum atomic E-state index is -0.411. The Morgan fingerprint density at radius 3 is 2.26 bits per heavy atom. The van der Waals surface area contributed by atoms with Crippen molar-refractivity contribution in [2.24, 2.45) is 0 Å². The Kier molecular flexibility index (Phi) is 12.8. The molecule has 0 aromatic heterocycles. The highest BCUT2D eigenvalue weighted by Crippen LogP contribution is 2.19. The van der Waals surface area contributed by atoms with E-state index in [0.29, 0.717) is 23.1 Å². The van der Waals surface area contributed by atoms with Crippen molar-refractivity contribution < 1.29 is 23.5 Å². The summed E-state index contributed by atoms with van der Waals surface area (Å²) in [5.41, 5.74) is 0.567. The van der Waals surface area contributed by atoms with E-state index < -0.39 is 5.97 Å². The van der Waals surface area contributed by atoms with E-state index in [9.17, 15) is 14.0 Å². The van der Waals surface area contributed by atoms with Gasteiger partial charge in [0.15, 0.2) is 0 Å². The minimum absolute atomic E-state index is 0.000120. The predicted molar refractivity (Wildman–Crippen MR) is 107 cm³/mol. The number of carbonyl (C=O) groups excluding carboxylic acids is 2. The van der Waals surface area contributed by atoms with Crippen molar-refractivity contribution in [1.82, 2.24) is 0 Å². The first-order valence-electron chi connectivity index (χ1n) is 9.78. The van der Waals surface area contributed by atoms with Crippen LogP contribution in [0.2, 0.25) is 0 Å². The molecule has 0 atom stereocenters. The molecule has 0 fully saturated rings. The average molecular weight is 445 g/mol. The number of unbranched alkanes of at least 4 members (excludes halogenated alkanes) is 6. The highest BCUT2D eigenvalue weighted by atomic mass is 79.9. The molecule has 27 heavy (non-hydrogen) atoms. The zero-order valence-electron chi connectivity index (χ0n) is 16.1. The lowest BCUT2D eigenvalue weighted by atomic mass is 10.1. The molecule has 4 nitrogen and oxygen atoms in total. The molecule has 0 spiro atoms. The first-order valence-corrected chi connectivity index (χ1v) is 10.6. The molecule has 0 unspecified atom stereocenters. The molecule has 0 aliphatic rings. The first-order chi connectivity index (χ1) is 13.0. The minimum Gasteiger partial charge on any atom is -0.466 e. The van der Waals surface area contributed by atoms with Crippen LogP contribution in [-0.4, -0.2) is 18.5 Å². The van der Waals surface area contributed by atoms with Gasteiger partial charge in [-0.2, -0.15) is 0 Å². The van der Waals surface area contributed by atoms with Crippen LogP contribution in [0.3, 0.4) is 0 Å². The standard InChI is InChI=1S/C21H30BrFO4/c1-2-3-4-5-6-7-8-14-26-20(24)10-9-11-21(25)27-16-17-15-18(23)12-13-19(17)22/h12-13,15H,2-11,14,16H2,1H3. The lowest BCUT2D eigenvalue weighted by Gasteiger charge is -2.07. The Bertz CT molecular complexity index is 577. The molecule has 0 bridgehead atoms. The molecule has 0 radical (unpaired) electrons. The molecule has 0 N–H and O–H groups in total. The summed E-state index contributed by atoms with van der Waals surface area (Å²) in [7, 11) is 0. The molecule has 0 aliphatic carbocycles. The number of hydrogen-bond acceptors (Lipinski definition) is 4. The fraction of sp³-hybridized carbons (Fsp3) is 0.619. The SMILES string of the molecule is CCCCCCCCCOC(=O)CCCC(=O)OCc1cc(F)ccc1Br. The number of benzene rings is 1. The number of halogens is 2. The molecule has 6 heteroatoms. The smallest absolute Gasteiger partial charge is 0.306 e. The maximum atomic E-state index is 13.2. The van der Waals surface area contributed by atoms with Crippen LogP contribution in [0.5, 0.6) is 0 Å². The molecule has 0 saturated heterocycles. The Hall–Kier alpha value is -1.43. The van der Waals surface area contributed by atoms with E-state index in [2.05, 4.69) is 22.9 Å².